The first kappa shape index (κ1) is 21.2. The molecule has 6 nitrogen and oxygen atoms in total. The van der Waals surface area contributed by atoms with Crippen LogP contribution < -0.4 is 10.2 Å². The van der Waals surface area contributed by atoms with Gasteiger partial charge in [-0.25, -0.2) is 0 Å². The van der Waals surface area contributed by atoms with Gasteiger partial charge in [0.25, 0.3) is 17.7 Å². The molecule has 0 bridgehead atoms. The molecule has 0 aliphatic carbocycles. The maximum Gasteiger partial charge on any atom is 0.279 e. The van der Waals surface area contributed by atoms with Crippen molar-refractivity contribution in [2.45, 2.75) is 46.6 Å². The average molecular weight is 414 g/mol. The van der Waals surface area contributed by atoms with E-state index in [1.54, 1.807) is 11.3 Å². The van der Waals surface area contributed by atoms with Gasteiger partial charge in [0.05, 0.1) is 11.4 Å². The molecule has 1 atom stereocenters. The van der Waals surface area contributed by atoms with Crippen molar-refractivity contribution in [3.8, 4) is 10.8 Å². The minimum Gasteiger partial charge on any atom is -0.414 e. The molecule has 0 aliphatic rings. The molecule has 0 fully saturated rings. The third kappa shape index (κ3) is 5.52. The standard InChI is InChI=1S/C22H28N4O2S/c1-4-12-26(15-20-24-25-22(28-20)18-11-8-13-29-18)14-19(27)23-21-16(5-2)9-7-10-17(21)6-3/h7-11,13H,4-6,12,14-15H2,1-3H3,(H,23,27)/p+1. The predicted molar refractivity (Wildman–Crippen MR) is 116 cm³/mol. The predicted octanol–water partition coefficient (Wildman–Crippen LogP) is 3.36. The maximum absolute atomic E-state index is 12.8. The second kappa shape index (κ2) is 10.3. The van der Waals surface area contributed by atoms with E-state index in [1.807, 2.05) is 17.5 Å². The van der Waals surface area contributed by atoms with Crippen LogP contribution in [0.5, 0.6) is 0 Å². The Morgan fingerprint density at radius 1 is 1.10 bits per heavy atom. The first-order valence-corrected chi connectivity index (χ1v) is 11.1. The van der Waals surface area contributed by atoms with Crippen LogP contribution in [-0.4, -0.2) is 29.2 Å². The van der Waals surface area contributed by atoms with Crippen LogP contribution in [0, 0.1) is 0 Å². The minimum atomic E-state index is 0.0158. The zero-order valence-electron chi connectivity index (χ0n) is 17.3. The topological polar surface area (TPSA) is 72.5 Å². The molecule has 2 N–H and O–H groups in total. The van der Waals surface area contributed by atoms with Gasteiger partial charge in [0, 0.05) is 5.69 Å². The van der Waals surface area contributed by atoms with E-state index in [1.165, 1.54) is 11.1 Å². The summed E-state index contributed by atoms with van der Waals surface area (Å²) in [6, 6.07) is 10.1. The second-order valence-corrected chi connectivity index (χ2v) is 7.99. The smallest absolute Gasteiger partial charge is 0.279 e. The van der Waals surface area contributed by atoms with E-state index in [2.05, 4.69) is 54.5 Å². The molecule has 0 spiro atoms. The minimum absolute atomic E-state index is 0.0158. The zero-order chi connectivity index (χ0) is 20.6. The Morgan fingerprint density at radius 2 is 1.86 bits per heavy atom. The molecule has 154 valence electrons. The maximum atomic E-state index is 12.8. The first-order chi connectivity index (χ1) is 14.1. The Balaban J connectivity index is 1.67. The van der Waals surface area contributed by atoms with E-state index in [9.17, 15) is 4.79 Å². The number of thiophene rings is 1. The van der Waals surface area contributed by atoms with Crippen molar-refractivity contribution in [3.05, 3.63) is 52.7 Å². The number of hydrogen-bond donors (Lipinski definition) is 2. The third-order valence-electron chi connectivity index (χ3n) is 4.88. The normalized spacial score (nSPS) is 12.1. The van der Waals surface area contributed by atoms with Gasteiger partial charge in [-0.05, 0) is 41.8 Å². The van der Waals surface area contributed by atoms with Gasteiger partial charge >= 0.3 is 0 Å². The number of rotatable bonds is 10. The number of nitrogens with one attached hydrogen (secondary N) is 2. The largest absolute Gasteiger partial charge is 0.414 e. The average Bonchev–Trinajstić information content (AvgIpc) is 3.40. The molecule has 1 unspecified atom stereocenters. The molecule has 2 heterocycles. The van der Waals surface area contributed by atoms with E-state index in [4.69, 9.17) is 4.42 Å². The van der Waals surface area contributed by atoms with Gasteiger partial charge in [0.15, 0.2) is 13.1 Å². The van der Waals surface area contributed by atoms with E-state index in [0.29, 0.717) is 24.9 Å². The number of amides is 1. The SMILES string of the molecule is CCC[NH+](CC(=O)Nc1c(CC)cccc1CC)Cc1nnc(-c2cccs2)o1. The lowest BCUT2D eigenvalue weighted by Gasteiger charge is -2.18. The Morgan fingerprint density at radius 3 is 2.48 bits per heavy atom. The number of hydrogen-bond acceptors (Lipinski definition) is 5. The fourth-order valence-corrected chi connectivity index (χ4v) is 4.09. The highest BCUT2D eigenvalue weighted by atomic mass is 32.1. The molecule has 7 heteroatoms. The molecule has 0 saturated heterocycles. The van der Waals surface area contributed by atoms with Crippen LogP contribution in [0.4, 0.5) is 5.69 Å². The lowest BCUT2D eigenvalue weighted by Crippen LogP contribution is -3.11. The number of carbonyl (C=O) groups is 1. The fourth-order valence-electron chi connectivity index (χ4n) is 3.45. The van der Waals surface area contributed by atoms with Crippen LogP contribution in [0.15, 0.2) is 40.1 Å². The number of quaternary nitrogens is 1. The summed E-state index contributed by atoms with van der Waals surface area (Å²) in [6.45, 7) is 8.10. The van der Waals surface area contributed by atoms with Crippen LogP contribution in [-0.2, 0) is 24.2 Å². The number of aromatic nitrogens is 2. The Bertz CT molecular complexity index is 899. The molecule has 1 aromatic carbocycles. The summed E-state index contributed by atoms with van der Waals surface area (Å²) in [7, 11) is 0. The summed E-state index contributed by atoms with van der Waals surface area (Å²) in [5.41, 5.74) is 3.32. The van der Waals surface area contributed by atoms with Crippen molar-refractivity contribution in [2.75, 3.05) is 18.4 Å². The number of nitrogens with zero attached hydrogens (tertiary/aromatic N) is 2. The summed E-state index contributed by atoms with van der Waals surface area (Å²) in [5.74, 6) is 1.12. The lowest BCUT2D eigenvalue weighted by molar-refractivity contribution is -0.907. The van der Waals surface area contributed by atoms with Gasteiger partial charge in [0.2, 0.25) is 0 Å². The van der Waals surface area contributed by atoms with Crippen LogP contribution in [0.3, 0.4) is 0 Å². The number of para-hydroxylation sites is 1. The van der Waals surface area contributed by atoms with E-state index < -0.39 is 0 Å². The second-order valence-electron chi connectivity index (χ2n) is 7.04. The van der Waals surface area contributed by atoms with Crippen molar-refractivity contribution in [1.82, 2.24) is 10.2 Å². The monoisotopic (exact) mass is 413 g/mol. The summed E-state index contributed by atoms with van der Waals surface area (Å²) in [6.07, 6.45) is 2.76. The number of aryl methyl sites for hydroxylation is 2. The molecule has 2 aromatic heterocycles. The van der Waals surface area contributed by atoms with Gasteiger partial charge in [-0.3, -0.25) is 4.79 Å². The molecular formula is C22H29N4O2S+. The molecule has 0 saturated carbocycles. The Labute approximate surface area is 176 Å². The quantitative estimate of drug-likeness (QED) is 0.535. The van der Waals surface area contributed by atoms with Crippen LogP contribution in [0.25, 0.3) is 10.8 Å². The van der Waals surface area contributed by atoms with Crippen LogP contribution in [0.2, 0.25) is 0 Å². The van der Waals surface area contributed by atoms with Crippen molar-refractivity contribution in [2.24, 2.45) is 0 Å². The number of carbonyl (C=O) groups excluding carboxylic acids is 1. The van der Waals surface area contributed by atoms with Gasteiger partial charge in [0.1, 0.15) is 0 Å². The van der Waals surface area contributed by atoms with Gasteiger partial charge in [-0.15, -0.1) is 21.5 Å². The van der Waals surface area contributed by atoms with E-state index in [-0.39, 0.29) is 5.91 Å². The number of benzene rings is 1. The molecule has 1 amide bonds. The van der Waals surface area contributed by atoms with Crippen molar-refractivity contribution < 1.29 is 14.1 Å². The Kier molecular flexibility index (Phi) is 7.55. The van der Waals surface area contributed by atoms with Crippen molar-refractivity contribution in [1.29, 1.82) is 0 Å². The summed E-state index contributed by atoms with van der Waals surface area (Å²) < 4.78 is 5.81. The van der Waals surface area contributed by atoms with E-state index in [0.717, 1.165) is 41.3 Å². The highest BCUT2D eigenvalue weighted by molar-refractivity contribution is 7.13. The first-order valence-electron chi connectivity index (χ1n) is 10.2. The highest BCUT2D eigenvalue weighted by Crippen LogP contribution is 2.23. The zero-order valence-corrected chi connectivity index (χ0v) is 18.1. The molecule has 29 heavy (non-hydrogen) atoms. The van der Waals surface area contributed by atoms with Crippen LogP contribution in [0.1, 0.15) is 44.2 Å². The molecule has 0 aliphatic heterocycles. The molecule has 3 rings (SSSR count). The summed E-state index contributed by atoms with van der Waals surface area (Å²) in [4.78, 5) is 14.9. The highest BCUT2D eigenvalue weighted by Gasteiger charge is 2.20. The third-order valence-corrected chi connectivity index (χ3v) is 5.74. The van der Waals surface area contributed by atoms with Gasteiger partial charge in [-0.2, -0.15) is 0 Å². The lowest BCUT2D eigenvalue weighted by atomic mass is 10.0. The van der Waals surface area contributed by atoms with Crippen LogP contribution >= 0.6 is 11.3 Å². The van der Waals surface area contributed by atoms with Gasteiger partial charge in [-0.1, -0.05) is 45.0 Å². The summed E-state index contributed by atoms with van der Waals surface area (Å²) >= 11 is 1.57. The molecule has 0 radical (unpaired) electrons. The molecular weight excluding hydrogens is 384 g/mol. The Hall–Kier alpha value is -2.51. The van der Waals surface area contributed by atoms with Crippen molar-refractivity contribution >= 4 is 22.9 Å². The van der Waals surface area contributed by atoms with E-state index >= 15 is 0 Å². The number of anilines is 1. The fraction of sp³-hybridized carbons (Fsp3) is 0.409. The summed E-state index contributed by atoms with van der Waals surface area (Å²) in [5, 5.41) is 13.5. The molecule has 3 aromatic rings. The van der Waals surface area contributed by atoms with Gasteiger partial charge < -0.3 is 14.6 Å². The van der Waals surface area contributed by atoms with Crippen molar-refractivity contribution in [3.63, 3.8) is 0 Å².